The molecule has 10 heteroatoms. The smallest absolute Gasteiger partial charge is 0.272 e. The van der Waals surface area contributed by atoms with Gasteiger partial charge in [-0.15, -0.1) is 0 Å². The Bertz CT molecular complexity index is 1530. The first kappa shape index (κ1) is 23.5. The van der Waals surface area contributed by atoms with Crippen molar-refractivity contribution in [3.8, 4) is 11.5 Å². The molecule has 1 aliphatic rings. The molecular formula is C26H26FN7O2. The van der Waals surface area contributed by atoms with Gasteiger partial charge in [-0.1, -0.05) is 18.2 Å². The SMILES string of the molecule is CC(C)N(C)C(=O)c1nc(-c2nn(Cc3ccccc3F)c3ncccc23)nc2c1C(C)(C)C(=O)N2. The molecule has 3 aromatic heterocycles. The van der Waals surface area contributed by atoms with E-state index in [1.807, 2.05) is 19.9 Å². The zero-order valence-electron chi connectivity index (χ0n) is 20.7. The van der Waals surface area contributed by atoms with Crippen LogP contribution in [0.3, 0.4) is 0 Å². The van der Waals surface area contributed by atoms with Crippen molar-refractivity contribution in [2.75, 3.05) is 12.4 Å². The molecule has 0 unspecified atom stereocenters. The second-order valence-electron chi connectivity index (χ2n) is 9.68. The third-order valence-corrected chi connectivity index (χ3v) is 6.63. The minimum Gasteiger partial charge on any atom is -0.338 e. The molecule has 0 aliphatic carbocycles. The number of carbonyl (C=O) groups is 2. The van der Waals surface area contributed by atoms with Crippen molar-refractivity contribution in [2.24, 2.45) is 0 Å². The summed E-state index contributed by atoms with van der Waals surface area (Å²) in [6.45, 7) is 7.44. The third-order valence-electron chi connectivity index (χ3n) is 6.63. The molecule has 9 nitrogen and oxygen atoms in total. The number of carbonyl (C=O) groups excluding carboxylic acids is 2. The van der Waals surface area contributed by atoms with Crippen LogP contribution in [0.25, 0.3) is 22.6 Å². The zero-order valence-corrected chi connectivity index (χ0v) is 20.7. The highest BCUT2D eigenvalue weighted by molar-refractivity contribution is 6.09. The summed E-state index contributed by atoms with van der Waals surface area (Å²) in [6.07, 6.45) is 1.63. The molecule has 1 aromatic carbocycles. The summed E-state index contributed by atoms with van der Waals surface area (Å²) in [5, 5.41) is 8.13. The fraction of sp³-hybridized carbons (Fsp3) is 0.308. The van der Waals surface area contributed by atoms with Crippen LogP contribution in [0.1, 0.15) is 49.3 Å². The minimum absolute atomic E-state index is 0.0789. The predicted octanol–water partition coefficient (Wildman–Crippen LogP) is 3.79. The normalized spacial score (nSPS) is 14.2. The lowest BCUT2D eigenvalue weighted by Gasteiger charge is -2.24. The first-order valence-electron chi connectivity index (χ1n) is 11.7. The lowest BCUT2D eigenvalue weighted by atomic mass is 9.85. The van der Waals surface area contributed by atoms with E-state index < -0.39 is 5.41 Å². The summed E-state index contributed by atoms with van der Waals surface area (Å²) < 4.78 is 16.0. The highest BCUT2D eigenvalue weighted by Crippen LogP contribution is 2.40. The van der Waals surface area contributed by atoms with Gasteiger partial charge >= 0.3 is 0 Å². The van der Waals surface area contributed by atoms with E-state index in [0.717, 1.165) is 0 Å². The molecule has 0 spiro atoms. The number of halogens is 1. The molecule has 0 atom stereocenters. The van der Waals surface area contributed by atoms with E-state index in [0.29, 0.717) is 27.9 Å². The number of nitrogens with one attached hydrogen (secondary N) is 1. The lowest BCUT2D eigenvalue weighted by molar-refractivity contribution is -0.119. The van der Waals surface area contributed by atoms with Crippen molar-refractivity contribution < 1.29 is 14.0 Å². The highest BCUT2D eigenvalue weighted by Gasteiger charge is 2.44. The molecule has 0 saturated carbocycles. The third kappa shape index (κ3) is 3.69. The number of pyridine rings is 1. The van der Waals surface area contributed by atoms with Gasteiger partial charge in [-0.05, 0) is 45.9 Å². The van der Waals surface area contributed by atoms with Gasteiger partial charge < -0.3 is 10.2 Å². The van der Waals surface area contributed by atoms with E-state index in [2.05, 4.69) is 25.4 Å². The summed E-state index contributed by atoms with van der Waals surface area (Å²) in [5.41, 5.74) is 0.994. The molecule has 1 N–H and O–H groups in total. The van der Waals surface area contributed by atoms with E-state index in [9.17, 15) is 14.0 Å². The van der Waals surface area contributed by atoms with Gasteiger partial charge in [-0.2, -0.15) is 5.10 Å². The van der Waals surface area contributed by atoms with Gasteiger partial charge in [0.1, 0.15) is 23.0 Å². The molecule has 0 radical (unpaired) electrons. The Kier molecular flexibility index (Phi) is 5.54. The molecule has 4 aromatic rings. The van der Waals surface area contributed by atoms with Crippen LogP contribution in [-0.4, -0.2) is 54.5 Å². The van der Waals surface area contributed by atoms with Gasteiger partial charge in [0.25, 0.3) is 5.91 Å². The number of rotatable bonds is 5. The summed E-state index contributed by atoms with van der Waals surface area (Å²) in [6, 6.07) is 9.98. The van der Waals surface area contributed by atoms with Crippen LogP contribution in [0.4, 0.5) is 10.2 Å². The molecule has 0 saturated heterocycles. The molecule has 0 bridgehead atoms. The van der Waals surface area contributed by atoms with Crippen LogP contribution in [0.15, 0.2) is 42.6 Å². The van der Waals surface area contributed by atoms with Gasteiger partial charge in [0.2, 0.25) is 5.91 Å². The number of fused-ring (bicyclic) bond motifs is 2. The maximum atomic E-state index is 14.4. The molecular weight excluding hydrogens is 461 g/mol. The summed E-state index contributed by atoms with van der Waals surface area (Å²) in [5.74, 6) is -0.458. The van der Waals surface area contributed by atoms with Crippen LogP contribution in [0.2, 0.25) is 0 Å². The Morgan fingerprint density at radius 3 is 2.64 bits per heavy atom. The Morgan fingerprint density at radius 2 is 1.92 bits per heavy atom. The Morgan fingerprint density at radius 1 is 1.17 bits per heavy atom. The second-order valence-corrected chi connectivity index (χ2v) is 9.68. The molecule has 2 amide bonds. The van der Waals surface area contributed by atoms with Crippen molar-refractivity contribution in [1.29, 1.82) is 0 Å². The van der Waals surface area contributed by atoms with Gasteiger partial charge in [-0.25, -0.2) is 24.0 Å². The fourth-order valence-electron chi connectivity index (χ4n) is 4.26. The Balaban J connectivity index is 1.71. The quantitative estimate of drug-likeness (QED) is 0.459. The fourth-order valence-corrected chi connectivity index (χ4v) is 4.26. The number of anilines is 1. The molecule has 184 valence electrons. The first-order valence-corrected chi connectivity index (χ1v) is 11.7. The van der Waals surface area contributed by atoms with E-state index in [1.54, 1.807) is 60.9 Å². The second kappa shape index (κ2) is 8.47. The van der Waals surface area contributed by atoms with Crippen LogP contribution in [-0.2, 0) is 16.8 Å². The standard InChI is InChI=1S/C26H26FN7O2/c1-14(2)33(5)24(35)20-18-21(31-25(36)26(18,3)4)30-22(29-20)19-16-10-8-12-28-23(16)34(32-19)13-15-9-6-7-11-17(15)27/h6-12,14H,13H2,1-5H3,(H,29,30,31,36). The van der Waals surface area contributed by atoms with E-state index in [4.69, 9.17) is 0 Å². The van der Waals surface area contributed by atoms with Crippen molar-refractivity contribution in [3.05, 3.63) is 65.2 Å². The number of benzene rings is 1. The molecule has 1 aliphatic heterocycles. The molecule has 4 heterocycles. The van der Waals surface area contributed by atoms with Crippen molar-refractivity contribution in [3.63, 3.8) is 0 Å². The lowest BCUT2D eigenvalue weighted by Crippen LogP contribution is -2.36. The minimum atomic E-state index is -0.982. The highest BCUT2D eigenvalue weighted by atomic mass is 19.1. The van der Waals surface area contributed by atoms with Crippen molar-refractivity contribution in [2.45, 2.75) is 45.7 Å². The van der Waals surface area contributed by atoms with Gasteiger partial charge in [-0.3, -0.25) is 9.59 Å². The number of nitrogens with zero attached hydrogens (tertiary/aromatic N) is 6. The predicted molar refractivity (Wildman–Crippen MR) is 133 cm³/mol. The van der Waals surface area contributed by atoms with E-state index in [-0.39, 0.29) is 47.6 Å². The monoisotopic (exact) mass is 487 g/mol. The first-order chi connectivity index (χ1) is 17.1. The maximum Gasteiger partial charge on any atom is 0.272 e. The van der Waals surface area contributed by atoms with Gasteiger partial charge in [0.15, 0.2) is 11.5 Å². The molecule has 0 fully saturated rings. The summed E-state index contributed by atoms with van der Waals surface area (Å²) in [7, 11) is 1.70. The number of hydrogen-bond acceptors (Lipinski definition) is 6. The zero-order chi connectivity index (χ0) is 25.8. The Labute approximate surface area is 207 Å². The average molecular weight is 488 g/mol. The topological polar surface area (TPSA) is 106 Å². The van der Waals surface area contributed by atoms with Crippen LogP contribution >= 0.6 is 0 Å². The number of amides is 2. The summed E-state index contributed by atoms with van der Waals surface area (Å²) >= 11 is 0. The average Bonchev–Trinajstić information content (AvgIpc) is 3.33. The van der Waals surface area contributed by atoms with Gasteiger partial charge in [0.05, 0.1) is 17.3 Å². The Hall–Kier alpha value is -4.21. The number of aromatic nitrogens is 5. The molecule has 36 heavy (non-hydrogen) atoms. The van der Waals surface area contributed by atoms with Crippen molar-refractivity contribution in [1.82, 2.24) is 29.6 Å². The molecule has 5 rings (SSSR count). The van der Waals surface area contributed by atoms with E-state index in [1.165, 1.54) is 6.07 Å². The maximum absolute atomic E-state index is 14.4. The van der Waals surface area contributed by atoms with Crippen LogP contribution < -0.4 is 5.32 Å². The summed E-state index contributed by atoms with van der Waals surface area (Å²) in [4.78, 5) is 41.5. The number of hydrogen-bond donors (Lipinski definition) is 1. The largest absolute Gasteiger partial charge is 0.338 e. The van der Waals surface area contributed by atoms with Crippen LogP contribution in [0.5, 0.6) is 0 Å². The van der Waals surface area contributed by atoms with E-state index >= 15 is 0 Å². The van der Waals surface area contributed by atoms with Crippen LogP contribution in [0, 0.1) is 5.82 Å². The van der Waals surface area contributed by atoms with Crippen molar-refractivity contribution >= 4 is 28.7 Å². The van der Waals surface area contributed by atoms with Gasteiger partial charge in [0, 0.05) is 30.4 Å².